The average Bonchev–Trinajstić information content (AvgIpc) is 2.68. The smallest absolute Gasteiger partial charge is 0.0939 e. The largest absolute Gasteiger partial charge is 0.304 e. The SMILES string of the molecule is CCNC(c1ncccc1Cl)c1c(C)cnn1C. The maximum atomic E-state index is 6.24. The Kier molecular flexibility index (Phi) is 3.99. The van der Waals surface area contributed by atoms with Gasteiger partial charge < -0.3 is 5.32 Å². The molecule has 0 aromatic carbocycles. The monoisotopic (exact) mass is 264 g/mol. The number of nitrogens with one attached hydrogen (secondary N) is 1. The van der Waals surface area contributed by atoms with E-state index >= 15 is 0 Å². The molecular formula is C13H17ClN4. The molecule has 5 heteroatoms. The van der Waals surface area contributed by atoms with Crippen LogP contribution in [0.1, 0.15) is 29.9 Å². The van der Waals surface area contributed by atoms with Crippen molar-refractivity contribution in [1.29, 1.82) is 0 Å². The predicted molar refractivity (Wildman–Crippen MR) is 72.7 cm³/mol. The van der Waals surface area contributed by atoms with Crippen molar-refractivity contribution in [3.63, 3.8) is 0 Å². The van der Waals surface area contributed by atoms with Crippen LogP contribution in [0.4, 0.5) is 0 Å². The molecule has 1 N–H and O–H groups in total. The van der Waals surface area contributed by atoms with Gasteiger partial charge in [-0.05, 0) is 31.2 Å². The molecule has 0 fully saturated rings. The molecule has 0 amide bonds. The van der Waals surface area contributed by atoms with Crippen molar-refractivity contribution in [3.05, 3.63) is 46.5 Å². The van der Waals surface area contributed by atoms with Crippen molar-refractivity contribution >= 4 is 11.6 Å². The lowest BCUT2D eigenvalue weighted by molar-refractivity contribution is 0.559. The molecule has 18 heavy (non-hydrogen) atoms. The topological polar surface area (TPSA) is 42.7 Å². The summed E-state index contributed by atoms with van der Waals surface area (Å²) in [5.41, 5.74) is 3.07. The van der Waals surface area contributed by atoms with Gasteiger partial charge in [-0.3, -0.25) is 9.67 Å². The third-order valence-corrected chi connectivity index (χ3v) is 3.24. The average molecular weight is 265 g/mol. The minimum Gasteiger partial charge on any atom is -0.304 e. The zero-order valence-corrected chi connectivity index (χ0v) is 11.6. The van der Waals surface area contributed by atoms with Gasteiger partial charge >= 0.3 is 0 Å². The van der Waals surface area contributed by atoms with Crippen LogP contribution >= 0.6 is 11.6 Å². The van der Waals surface area contributed by atoms with Crippen LogP contribution in [0.3, 0.4) is 0 Å². The fraction of sp³-hybridized carbons (Fsp3) is 0.385. The van der Waals surface area contributed by atoms with E-state index in [2.05, 4.69) is 22.3 Å². The van der Waals surface area contributed by atoms with Gasteiger partial charge in [0.05, 0.1) is 28.6 Å². The molecule has 0 aliphatic rings. The predicted octanol–water partition coefficient (Wildman–Crippen LogP) is 2.48. The van der Waals surface area contributed by atoms with Gasteiger partial charge in [0.15, 0.2) is 0 Å². The summed E-state index contributed by atoms with van der Waals surface area (Å²) in [6.45, 7) is 4.95. The number of pyridine rings is 1. The summed E-state index contributed by atoms with van der Waals surface area (Å²) in [5, 5.41) is 8.37. The second kappa shape index (κ2) is 5.50. The van der Waals surface area contributed by atoms with E-state index in [4.69, 9.17) is 11.6 Å². The molecule has 0 saturated carbocycles. The number of rotatable bonds is 4. The zero-order chi connectivity index (χ0) is 13.1. The highest BCUT2D eigenvalue weighted by Crippen LogP contribution is 2.27. The van der Waals surface area contributed by atoms with Crippen LogP contribution in [0.5, 0.6) is 0 Å². The molecule has 0 spiro atoms. The lowest BCUT2D eigenvalue weighted by Gasteiger charge is -2.19. The summed E-state index contributed by atoms with van der Waals surface area (Å²) >= 11 is 6.24. The highest BCUT2D eigenvalue weighted by molar-refractivity contribution is 6.31. The third kappa shape index (κ3) is 2.40. The van der Waals surface area contributed by atoms with E-state index < -0.39 is 0 Å². The molecule has 0 aliphatic heterocycles. The van der Waals surface area contributed by atoms with E-state index in [0.717, 1.165) is 23.5 Å². The Morgan fingerprint density at radius 1 is 1.50 bits per heavy atom. The molecule has 0 saturated heterocycles. The van der Waals surface area contributed by atoms with Crippen LogP contribution in [0, 0.1) is 6.92 Å². The summed E-state index contributed by atoms with van der Waals surface area (Å²) in [6.07, 6.45) is 3.62. The number of aromatic nitrogens is 3. The van der Waals surface area contributed by atoms with Crippen molar-refractivity contribution in [2.75, 3.05) is 6.54 Å². The van der Waals surface area contributed by atoms with E-state index in [-0.39, 0.29) is 6.04 Å². The molecule has 0 bridgehead atoms. The Balaban J connectivity index is 2.50. The molecule has 2 rings (SSSR count). The van der Waals surface area contributed by atoms with E-state index in [1.165, 1.54) is 0 Å². The van der Waals surface area contributed by atoms with Crippen molar-refractivity contribution < 1.29 is 0 Å². The maximum Gasteiger partial charge on any atom is 0.0939 e. The van der Waals surface area contributed by atoms with Gasteiger partial charge in [-0.2, -0.15) is 5.10 Å². The molecule has 0 radical (unpaired) electrons. The summed E-state index contributed by atoms with van der Waals surface area (Å²) in [4.78, 5) is 4.40. The van der Waals surface area contributed by atoms with Crippen LogP contribution in [0.15, 0.2) is 24.5 Å². The van der Waals surface area contributed by atoms with E-state index in [1.54, 1.807) is 6.20 Å². The van der Waals surface area contributed by atoms with Gasteiger partial charge in [0, 0.05) is 13.2 Å². The minimum absolute atomic E-state index is 0.0313. The molecule has 96 valence electrons. The normalized spacial score (nSPS) is 12.7. The zero-order valence-electron chi connectivity index (χ0n) is 10.8. The Morgan fingerprint density at radius 3 is 2.83 bits per heavy atom. The summed E-state index contributed by atoms with van der Waals surface area (Å²) in [6, 6.07) is 3.67. The minimum atomic E-state index is -0.0313. The second-order valence-corrected chi connectivity index (χ2v) is 4.60. The van der Waals surface area contributed by atoms with Gasteiger partial charge in [0.25, 0.3) is 0 Å². The summed E-state index contributed by atoms with van der Waals surface area (Å²) in [7, 11) is 1.93. The molecule has 2 aromatic heterocycles. The lowest BCUT2D eigenvalue weighted by Crippen LogP contribution is -2.26. The fourth-order valence-electron chi connectivity index (χ4n) is 2.11. The van der Waals surface area contributed by atoms with Crippen molar-refractivity contribution in [2.24, 2.45) is 7.05 Å². The van der Waals surface area contributed by atoms with Gasteiger partial charge in [-0.15, -0.1) is 0 Å². The quantitative estimate of drug-likeness (QED) is 0.923. The third-order valence-electron chi connectivity index (χ3n) is 2.92. The summed E-state index contributed by atoms with van der Waals surface area (Å²) < 4.78 is 1.87. The van der Waals surface area contributed by atoms with Gasteiger partial charge in [-0.25, -0.2) is 0 Å². The second-order valence-electron chi connectivity index (χ2n) is 4.20. The first-order valence-electron chi connectivity index (χ1n) is 5.97. The standard InChI is InChI=1S/C13H17ClN4/c1-4-15-12(11-10(14)6-5-7-16-11)13-9(2)8-17-18(13)3/h5-8,12,15H,4H2,1-3H3. The number of halogens is 1. The lowest BCUT2D eigenvalue weighted by atomic mass is 10.1. The summed E-state index contributed by atoms with van der Waals surface area (Å²) in [5.74, 6) is 0. The van der Waals surface area contributed by atoms with Gasteiger partial charge in [0.2, 0.25) is 0 Å². The van der Waals surface area contributed by atoms with Crippen molar-refractivity contribution in [1.82, 2.24) is 20.1 Å². The first-order valence-corrected chi connectivity index (χ1v) is 6.35. The van der Waals surface area contributed by atoms with Crippen LogP contribution in [0.2, 0.25) is 5.02 Å². The van der Waals surface area contributed by atoms with E-state index in [9.17, 15) is 0 Å². The number of nitrogens with zero attached hydrogens (tertiary/aromatic N) is 3. The molecule has 0 aliphatic carbocycles. The number of hydrogen-bond donors (Lipinski definition) is 1. The number of hydrogen-bond acceptors (Lipinski definition) is 3. The molecule has 2 heterocycles. The Bertz CT molecular complexity index is 516. The first-order chi connectivity index (χ1) is 8.65. The number of aryl methyl sites for hydroxylation is 2. The van der Waals surface area contributed by atoms with Crippen molar-refractivity contribution in [2.45, 2.75) is 19.9 Å². The first kappa shape index (κ1) is 13.1. The van der Waals surface area contributed by atoms with Crippen LogP contribution < -0.4 is 5.32 Å². The maximum absolute atomic E-state index is 6.24. The molecule has 4 nitrogen and oxygen atoms in total. The fourth-order valence-corrected chi connectivity index (χ4v) is 2.34. The highest BCUT2D eigenvalue weighted by atomic mass is 35.5. The van der Waals surface area contributed by atoms with Crippen molar-refractivity contribution in [3.8, 4) is 0 Å². The highest BCUT2D eigenvalue weighted by Gasteiger charge is 2.22. The molecule has 1 atom stereocenters. The van der Waals surface area contributed by atoms with Gasteiger partial charge in [0.1, 0.15) is 0 Å². The Morgan fingerprint density at radius 2 is 2.28 bits per heavy atom. The molecule has 1 unspecified atom stereocenters. The Labute approximate surface area is 112 Å². The Hall–Kier alpha value is -1.39. The van der Waals surface area contributed by atoms with E-state index in [0.29, 0.717) is 5.02 Å². The van der Waals surface area contributed by atoms with Crippen LogP contribution in [-0.4, -0.2) is 21.3 Å². The van der Waals surface area contributed by atoms with Crippen LogP contribution in [0.25, 0.3) is 0 Å². The van der Waals surface area contributed by atoms with E-state index in [1.807, 2.05) is 37.0 Å². The molecule has 2 aromatic rings. The molecular weight excluding hydrogens is 248 g/mol. The van der Waals surface area contributed by atoms with Gasteiger partial charge in [-0.1, -0.05) is 18.5 Å². The van der Waals surface area contributed by atoms with Crippen LogP contribution in [-0.2, 0) is 7.05 Å².